The number of halogens is 2. The van der Waals surface area contributed by atoms with Crippen LogP contribution < -0.4 is 0 Å². The van der Waals surface area contributed by atoms with Crippen LogP contribution in [0.5, 0.6) is 0 Å². The molecule has 1 heterocycles. The third-order valence-electron chi connectivity index (χ3n) is 3.08. The lowest BCUT2D eigenvalue weighted by atomic mass is 9.96. The van der Waals surface area contributed by atoms with Gasteiger partial charge in [-0.25, -0.2) is 4.39 Å². The first-order valence-electron chi connectivity index (χ1n) is 5.66. The van der Waals surface area contributed by atoms with Crippen LogP contribution in [-0.2, 0) is 16.0 Å². The van der Waals surface area contributed by atoms with Crippen molar-refractivity contribution < 1.29 is 13.9 Å². The molecule has 1 aromatic rings. The normalized spacial score (nSPS) is 23.9. The average molecular weight is 257 g/mol. The van der Waals surface area contributed by atoms with Crippen molar-refractivity contribution in [3.05, 3.63) is 34.6 Å². The summed E-state index contributed by atoms with van der Waals surface area (Å²) in [5.74, 6) is -0.255. The lowest BCUT2D eigenvalue weighted by Crippen LogP contribution is -2.27. The second-order valence-electron chi connectivity index (χ2n) is 4.44. The van der Waals surface area contributed by atoms with Gasteiger partial charge >= 0.3 is 0 Å². The minimum Gasteiger partial charge on any atom is -0.370 e. The second-order valence-corrected chi connectivity index (χ2v) is 4.87. The molecule has 1 fully saturated rings. The Morgan fingerprint density at radius 1 is 1.59 bits per heavy atom. The highest BCUT2D eigenvalue weighted by molar-refractivity contribution is 6.30. The first-order chi connectivity index (χ1) is 8.08. The van der Waals surface area contributed by atoms with Crippen LogP contribution in [0.15, 0.2) is 18.2 Å². The molecule has 0 N–H and O–H groups in total. The number of hydrogen-bond acceptors (Lipinski definition) is 2. The Morgan fingerprint density at radius 2 is 2.35 bits per heavy atom. The van der Waals surface area contributed by atoms with E-state index in [2.05, 4.69) is 0 Å². The Balaban J connectivity index is 2.10. The molecule has 0 saturated carbocycles. The summed E-state index contributed by atoms with van der Waals surface area (Å²) in [5, 5.41) is 0.439. The van der Waals surface area contributed by atoms with Gasteiger partial charge in [-0.2, -0.15) is 0 Å². The molecule has 1 aromatic carbocycles. The number of carbonyl (C=O) groups is 1. The molecule has 4 heteroatoms. The molecule has 2 unspecified atom stereocenters. The van der Waals surface area contributed by atoms with Crippen molar-refractivity contribution in [3.8, 4) is 0 Å². The number of benzene rings is 1. The third kappa shape index (κ3) is 2.85. The summed E-state index contributed by atoms with van der Waals surface area (Å²) in [7, 11) is 0. The largest absolute Gasteiger partial charge is 0.370 e. The van der Waals surface area contributed by atoms with Crippen molar-refractivity contribution in [2.75, 3.05) is 6.61 Å². The van der Waals surface area contributed by atoms with Crippen molar-refractivity contribution in [2.24, 2.45) is 5.92 Å². The summed E-state index contributed by atoms with van der Waals surface area (Å²) in [6, 6.07) is 4.25. The van der Waals surface area contributed by atoms with Crippen LogP contribution in [-0.4, -0.2) is 18.5 Å². The molecule has 1 saturated heterocycles. The molecule has 2 nitrogen and oxygen atoms in total. The van der Waals surface area contributed by atoms with E-state index < -0.39 is 11.9 Å². The Morgan fingerprint density at radius 3 is 3.00 bits per heavy atom. The number of ether oxygens (including phenoxy) is 1. The Labute approximate surface area is 105 Å². The first-order valence-corrected chi connectivity index (χ1v) is 6.04. The van der Waals surface area contributed by atoms with Gasteiger partial charge in [-0.05, 0) is 36.1 Å². The van der Waals surface area contributed by atoms with E-state index in [1.54, 1.807) is 0 Å². The maximum absolute atomic E-state index is 13.5. The number of hydrogen-bond donors (Lipinski definition) is 0. The summed E-state index contributed by atoms with van der Waals surface area (Å²) in [6.45, 7) is 2.58. The minimum absolute atomic E-state index is 0.0431. The van der Waals surface area contributed by atoms with Gasteiger partial charge in [-0.3, -0.25) is 4.79 Å². The van der Waals surface area contributed by atoms with Gasteiger partial charge in [-0.1, -0.05) is 18.5 Å². The third-order valence-corrected chi connectivity index (χ3v) is 3.31. The maximum Gasteiger partial charge on any atom is 0.166 e. The van der Waals surface area contributed by atoms with Gasteiger partial charge in [-0.15, -0.1) is 0 Å². The highest BCUT2D eigenvalue weighted by Gasteiger charge is 2.30. The Kier molecular flexibility index (Phi) is 3.79. The molecule has 0 bridgehead atoms. The monoisotopic (exact) mass is 256 g/mol. The molecule has 1 aliphatic heterocycles. The smallest absolute Gasteiger partial charge is 0.166 e. The fraction of sp³-hybridized carbons (Fsp3) is 0.462. The summed E-state index contributed by atoms with van der Waals surface area (Å²) < 4.78 is 18.8. The standard InChI is InChI=1S/C13H14ClFO2/c1-8-4-5-17-13(8)12(16)7-9-6-10(14)2-3-11(9)15/h2-3,6,8,13H,4-5,7H2,1H3. The van der Waals surface area contributed by atoms with Crippen molar-refractivity contribution in [3.63, 3.8) is 0 Å². The Hall–Kier alpha value is -0.930. The van der Waals surface area contributed by atoms with Crippen LogP contribution in [0.25, 0.3) is 0 Å². The van der Waals surface area contributed by atoms with Crippen molar-refractivity contribution in [1.29, 1.82) is 0 Å². The lowest BCUT2D eigenvalue weighted by Gasteiger charge is -2.13. The van der Waals surface area contributed by atoms with Crippen LogP contribution >= 0.6 is 11.6 Å². The lowest BCUT2D eigenvalue weighted by molar-refractivity contribution is -0.128. The van der Waals surface area contributed by atoms with Crippen molar-refractivity contribution in [2.45, 2.75) is 25.9 Å². The molecule has 1 aliphatic rings. The van der Waals surface area contributed by atoms with Crippen molar-refractivity contribution in [1.82, 2.24) is 0 Å². The predicted molar refractivity (Wildman–Crippen MR) is 63.6 cm³/mol. The van der Waals surface area contributed by atoms with E-state index in [0.717, 1.165) is 6.42 Å². The van der Waals surface area contributed by atoms with Crippen LogP contribution in [0, 0.1) is 11.7 Å². The van der Waals surface area contributed by atoms with Crippen LogP contribution in [0.2, 0.25) is 5.02 Å². The van der Waals surface area contributed by atoms with E-state index in [1.165, 1.54) is 18.2 Å². The molecule has 0 aromatic heterocycles. The van der Waals surface area contributed by atoms with E-state index in [9.17, 15) is 9.18 Å². The Bertz CT molecular complexity index is 433. The van der Waals surface area contributed by atoms with Gasteiger partial charge < -0.3 is 4.74 Å². The van der Waals surface area contributed by atoms with Gasteiger partial charge in [0.1, 0.15) is 11.9 Å². The van der Waals surface area contributed by atoms with Crippen molar-refractivity contribution >= 4 is 17.4 Å². The fourth-order valence-electron chi connectivity index (χ4n) is 2.07. The molecule has 0 radical (unpaired) electrons. The maximum atomic E-state index is 13.5. The van der Waals surface area contributed by atoms with Gasteiger partial charge in [0.05, 0.1) is 0 Å². The second kappa shape index (κ2) is 5.15. The molecule has 17 heavy (non-hydrogen) atoms. The minimum atomic E-state index is -0.395. The number of ketones is 1. The van der Waals surface area contributed by atoms with Gasteiger partial charge in [0.25, 0.3) is 0 Å². The van der Waals surface area contributed by atoms with Gasteiger partial charge in [0.15, 0.2) is 5.78 Å². The molecular formula is C13H14ClFO2. The van der Waals surface area contributed by atoms with Crippen LogP contribution in [0.1, 0.15) is 18.9 Å². The summed E-state index contributed by atoms with van der Waals surface area (Å²) in [5.41, 5.74) is 0.338. The molecule has 2 rings (SSSR count). The van der Waals surface area contributed by atoms with Crippen LogP contribution in [0.3, 0.4) is 0 Å². The number of rotatable bonds is 3. The van der Waals surface area contributed by atoms with E-state index in [-0.39, 0.29) is 18.1 Å². The number of carbonyl (C=O) groups excluding carboxylic acids is 1. The molecule has 0 spiro atoms. The average Bonchev–Trinajstić information content (AvgIpc) is 2.70. The van der Waals surface area contributed by atoms with E-state index in [0.29, 0.717) is 17.2 Å². The molecule has 0 aliphatic carbocycles. The molecule has 0 amide bonds. The number of Topliss-reactive ketones (excluding diaryl/α,β-unsaturated/α-hetero) is 1. The zero-order valence-electron chi connectivity index (χ0n) is 9.58. The SMILES string of the molecule is CC1CCOC1C(=O)Cc1cc(Cl)ccc1F. The predicted octanol–water partition coefficient (Wildman–Crippen LogP) is 3.02. The van der Waals surface area contributed by atoms with Gasteiger partial charge in [0, 0.05) is 18.1 Å². The zero-order valence-corrected chi connectivity index (χ0v) is 10.3. The first kappa shape index (κ1) is 12.5. The molecular weight excluding hydrogens is 243 g/mol. The van der Waals surface area contributed by atoms with E-state index in [1.807, 2.05) is 6.92 Å². The molecule has 92 valence electrons. The highest BCUT2D eigenvalue weighted by atomic mass is 35.5. The fourth-order valence-corrected chi connectivity index (χ4v) is 2.27. The van der Waals surface area contributed by atoms with E-state index >= 15 is 0 Å². The highest BCUT2D eigenvalue weighted by Crippen LogP contribution is 2.23. The summed E-state index contributed by atoms with van der Waals surface area (Å²) in [4.78, 5) is 12.0. The van der Waals surface area contributed by atoms with E-state index in [4.69, 9.17) is 16.3 Å². The summed E-state index contributed by atoms with van der Waals surface area (Å²) >= 11 is 5.78. The molecule has 2 atom stereocenters. The topological polar surface area (TPSA) is 26.3 Å². The zero-order chi connectivity index (χ0) is 12.4. The van der Waals surface area contributed by atoms with Gasteiger partial charge in [0.2, 0.25) is 0 Å². The summed E-state index contributed by atoms with van der Waals surface area (Å²) in [6.07, 6.45) is 0.531. The quantitative estimate of drug-likeness (QED) is 0.831. The van der Waals surface area contributed by atoms with Crippen LogP contribution in [0.4, 0.5) is 4.39 Å².